The van der Waals surface area contributed by atoms with E-state index in [0.29, 0.717) is 10.8 Å². The molecular weight excluding hydrogens is 449 g/mol. The van der Waals surface area contributed by atoms with Crippen LogP contribution in [0.3, 0.4) is 0 Å². The number of rotatable bonds is 5. The number of likely N-dealkylation sites (tertiary alicyclic amines) is 1. The number of hydrogen-bond donors (Lipinski definition) is 2. The summed E-state index contributed by atoms with van der Waals surface area (Å²) in [6, 6.07) is 3.37. The zero-order valence-electron chi connectivity index (χ0n) is 19.2. The van der Waals surface area contributed by atoms with Crippen molar-refractivity contribution in [3.63, 3.8) is 0 Å². The topological polar surface area (TPSA) is 66.0 Å². The monoisotopic (exact) mass is 476 g/mol. The quantitative estimate of drug-likeness (QED) is 0.483. The summed E-state index contributed by atoms with van der Waals surface area (Å²) in [6.07, 6.45) is 2.77. The number of piperidine rings is 1. The van der Waals surface area contributed by atoms with E-state index in [0.717, 1.165) is 25.1 Å². The van der Waals surface area contributed by atoms with Gasteiger partial charge in [0.15, 0.2) is 16.8 Å². The van der Waals surface area contributed by atoms with Crippen LogP contribution in [0.2, 0.25) is 0 Å². The van der Waals surface area contributed by atoms with Crippen LogP contribution in [-0.2, 0) is 0 Å². The van der Waals surface area contributed by atoms with Gasteiger partial charge in [0, 0.05) is 34.1 Å². The van der Waals surface area contributed by atoms with Crippen molar-refractivity contribution in [2.75, 3.05) is 17.7 Å². The molecule has 0 aliphatic carbocycles. The molecule has 0 amide bonds. The van der Waals surface area contributed by atoms with E-state index in [-0.39, 0.29) is 34.4 Å². The molecule has 2 aromatic heterocycles. The molecule has 1 aliphatic rings. The third-order valence-corrected chi connectivity index (χ3v) is 7.08. The van der Waals surface area contributed by atoms with Gasteiger partial charge in [-0.05, 0) is 59.7 Å². The Hall–Kier alpha value is -2.72. The van der Waals surface area contributed by atoms with E-state index in [1.807, 2.05) is 0 Å². The first kappa shape index (κ1) is 23.4. The molecule has 0 saturated carbocycles. The van der Waals surface area contributed by atoms with Crippen LogP contribution in [0.5, 0.6) is 0 Å². The van der Waals surface area contributed by atoms with Gasteiger partial charge in [-0.25, -0.2) is 23.1 Å². The number of nitrogens with one attached hydrogen (secondary N) is 2. The van der Waals surface area contributed by atoms with Crippen molar-refractivity contribution in [1.29, 1.82) is 0 Å². The zero-order valence-corrected chi connectivity index (χ0v) is 20.0. The Morgan fingerprint density at radius 3 is 2.39 bits per heavy atom. The molecule has 1 aliphatic heterocycles. The van der Waals surface area contributed by atoms with E-state index in [1.165, 1.54) is 23.5 Å². The number of thiazole rings is 1. The van der Waals surface area contributed by atoms with Crippen LogP contribution in [-0.4, -0.2) is 44.0 Å². The maximum absolute atomic E-state index is 14.5. The predicted molar refractivity (Wildman–Crippen MR) is 125 cm³/mol. The molecule has 0 bridgehead atoms. The second kappa shape index (κ2) is 8.57. The van der Waals surface area contributed by atoms with Crippen LogP contribution in [0, 0.1) is 17.5 Å². The Balaban J connectivity index is 1.51. The second-order valence-electron chi connectivity index (χ2n) is 9.61. The number of benzene rings is 1. The highest BCUT2D eigenvalue weighted by molar-refractivity contribution is 7.14. The molecule has 1 fully saturated rings. The molecular formula is C23H27F3N6S. The molecule has 3 heterocycles. The molecule has 0 spiro atoms. The lowest BCUT2D eigenvalue weighted by atomic mass is 9.77. The van der Waals surface area contributed by atoms with Gasteiger partial charge in [0.05, 0.1) is 11.9 Å². The summed E-state index contributed by atoms with van der Waals surface area (Å²) in [5.41, 5.74) is 0.431. The molecule has 4 rings (SSSR count). The molecule has 33 heavy (non-hydrogen) atoms. The smallest absolute Gasteiger partial charge is 0.231 e. The summed E-state index contributed by atoms with van der Waals surface area (Å²) in [7, 11) is 2.11. The van der Waals surface area contributed by atoms with Crippen molar-refractivity contribution in [3.8, 4) is 11.3 Å². The van der Waals surface area contributed by atoms with Crippen molar-refractivity contribution < 1.29 is 13.2 Å². The third kappa shape index (κ3) is 4.96. The SMILES string of the molecule is CN1C(C)(C)CC(Nc2nc(Nc3nc(-c4ccc(F)cc4F)cs3)ncc2F)CC1(C)C. The minimum Gasteiger partial charge on any atom is -0.365 e. The lowest BCUT2D eigenvalue weighted by Crippen LogP contribution is -2.61. The first-order valence-electron chi connectivity index (χ1n) is 10.7. The van der Waals surface area contributed by atoms with Crippen molar-refractivity contribution in [2.24, 2.45) is 0 Å². The van der Waals surface area contributed by atoms with E-state index in [2.05, 4.69) is 65.2 Å². The average molecular weight is 477 g/mol. The first-order chi connectivity index (χ1) is 15.4. The average Bonchev–Trinajstić information content (AvgIpc) is 3.16. The molecule has 0 atom stereocenters. The van der Waals surface area contributed by atoms with Crippen LogP contribution in [0.15, 0.2) is 29.8 Å². The molecule has 1 aromatic carbocycles. The zero-order chi connectivity index (χ0) is 24.0. The molecule has 6 nitrogen and oxygen atoms in total. The molecule has 1 saturated heterocycles. The minimum absolute atomic E-state index is 0.0383. The highest BCUT2D eigenvalue weighted by Gasteiger charge is 2.43. The molecule has 0 radical (unpaired) electrons. The van der Waals surface area contributed by atoms with E-state index < -0.39 is 17.5 Å². The number of hydrogen-bond acceptors (Lipinski definition) is 7. The van der Waals surface area contributed by atoms with Crippen LogP contribution in [0.4, 0.5) is 30.1 Å². The Labute approximate surface area is 195 Å². The Morgan fingerprint density at radius 2 is 1.73 bits per heavy atom. The highest BCUT2D eigenvalue weighted by Crippen LogP contribution is 2.38. The number of anilines is 3. The fourth-order valence-corrected chi connectivity index (χ4v) is 5.15. The molecule has 0 unspecified atom stereocenters. The van der Waals surface area contributed by atoms with Gasteiger partial charge in [-0.15, -0.1) is 11.3 Å². The van der Waals surface area contributed by atoms with Gasteiger partial charge in [0.25, 0.3) is 0 Å². The summed E-state index contributed by atoms with van der Waals surface area (Å²) < 4.78 is 41.7. The van der Waals surface area contributed by atoms with Crippen LogP contribution < -0.4 is 10.6 Å². The molecule has 3 aromatic rings. The Morgan fingerprint density at radius 1 is 1.03 bits per heavy atom. The number of nitrogens with zero attached hydrogens (tertiary/aromatic N) is 4. The molecule has 176 valence electrons. The highest BCUT2D eigenvalue weighted by atomic mass is 32.1. The summed E-state index contributed by atoms with van der Waals surface area (Å²) in [5, 5.41) is 8.25. The lowest BCUT2D eigenvalue weighted by Gasteiger charge is -2.53. The Kier molecular flexibility index (Phi) is 6.09. The summed E-state index contributed by atoms with van der Waals surface area (Å²) in [6.45, 7) is 8.71. The van der Waals surface area contributed by atoms with Crippen LogP contribution in [0.25, 0.3) is 11.3 Å². The molecule has 2 N–H and O–H groups in total. The largest absolute Gasteiger partial charge is 0.365 e. The predicted octanol–water partition coefficient (Wildman–Crippen LogP) is 5.82. The van der Waals surface area contributed by atoms with Crippen molar-refractivity contribution in [1.82, 2.24) is 19.9 Å². The van der Waals surface area contributed by atoms with E-state index in [1.54, 1.807) is 5.38 Å². The lowest BCUT2D eigenvalue weighted by molar-refractivity contribution is -0.00778. The van der Waals surface area contributed by atoms with Crippen LogP contribution in [0.1, 0.15) is 40.5 Å². The second-order valence-corrected chi connectivity index (χ2v) is 10.5. The van der Waals surface area contributed by atoms with Gasteiger partial charge in [0.1, 0.15) is 11.6 Å². The van der Waals surface area contributed by atoms with Crippen molar-refractivity contribution >= 4 is 28.2 Å². The first-order valence-corrected chi connectivity index (χ1v) is 11.5. The number of halogens is 3. The van der Waals surface area contributed by atoms with Crippen molar-refractivity contribution in [3.05, 3.63) is 47.2 Å². The minimum atomic E-state index is -0.694. The maximum Gasteiger partial charge on any atom is 0.231 e. The number of aromatic nitrogens is 3. The fraction of sp³-hybridized carbons (Fsp3) is 0.435. The summed E-state index contributed by atoms with van der Waals surface area (Å²) >= 11 is 1.22. The maximum atomic E-state index is 14.5. The Bertz CT molecular complexity index is 1140. The standard InChI is InChI=1S/C23H27F3N6S/c1-22(2)9-14(10-23(3,4)32(22)5)28-19-17(26)11-27-20(30-19)31-21-29-18(12-33-21)15-7-6-13(24)8-16(15)25/h6-8,11-12,14H,9-10H2,1-5H3,(H2,27,28,29,30,31). The summed E-state index contributed by atoms with van der Waals surface area (Å²) in [4.78, 5) is 15.0. The fourth-order valence-electron chi connectivity index (χ4n) is 4.44. The van der Waals surface area contributed by atoms with Gasteiger partial charge < -0.3 is 5.32 Å². The third-order valence-electron chi connectivity index (χ3n) is 6.32. The van der Waals surface area contributed by atoms with Crippen LogP contribution >= 0.6 is 11.3 Å². The van der Waals surface area contributed by atoms with Gasteiger partial charge >= 0.3 is 0 Å². The summed E-state index contributed by atoms with van der Waals surface area (Å²) in [5.74, 6) is -1.59. The van der Waals surface area contributed by atoms with Gasteiger partial charge in [0.2, 0.25) is 5.95 Å². The van der Waals surface area contributed by atoms with Gasteiger partial charge in [-0.1, -0.05) is 0 Å². The van der Waals surface area contributed by atoms with E-state index in [9.17, 15) is 13.2 Å². The van der Waals surface area contributed by atoms with E-state index in [4.69, 9.17) is 0 Å². The molecule has 10 heteroatoms. The van der Waals surface area contributed by atoms with Crippen molar-refractivity contribution in [2.45, 2.75) is 57.7 Å². The van der Waals surface area contributed by atoms with Gasteiger partial charge in [-0.2, -0.15) is 4.98 Å². The normalized spacial score (nSPS) is 18.3. The van der Waals surface area contributed by atoms with Gasteiger partial charge in [-0.3, -0.25) is 10.2 Å². The van der Waals surface area contributed by atoms with E-state index >= 15 is 0 Å².